The van der Waals surface area contributed by atoms with Crippen molar-refractivity contribution < 1.29 is 8.42 Å². The number of rotatable bonds is 4. The number of sulfonamides is 1. The first kappa shape index (κ1) is 19.3. The largest absolute Gasteiger partial charge is 0.342 e. The van der Waals surface area contributed by atoms with Crippen LogP contribution in [0, 0.1) is 0 Å². The number of thiocarbonyl (C=S) groups is 1. The van der Waals surface area contributed by atoms with Gasteiger partial charge in [0.25, 0.3) is 0 Å². The van der Waals surface area contributed by atoms with Crippen LogP contribution in [-0.4, -0.2) is 43.4 Å². The van der Waals surface area contributed by atoms with E-state index in [2.05, 4.69) is 28.6 Å². The molecule has 5 nitrogen and oxygen atoms in total. The molecule has 1 N–H and O–H groups in total. The molecule has 0 unspecified atom stereocenters. The Morgan fingerprint density at radius 2 is 2.15 bits per heavy atom. The Bertz CT molecular complexity index is 906. The van der Waals surface area contributed by atoms with Crippen LogP contribution in [-0.2, 0) is 16.4 Å². The van der Waals surface area contributed by atoms with E-state index in [1.165, 1.54) is 28.8 Å². The minimum atomic E-state index is -3.47. The zero-order valence-electron chi connectivity index (χ0n) is 15.1. The van der Waals surface area contributed by atoms with Crippen molar-refractivity contribution in [3.63, 3.8) is 0 Å². The van der Waals surface area contributed by atoms with Crippen molar-refractivity contribution in [3.8, 4) is 0 Å². The summed E-state index contributed by atoms with van der Waals surface area (Å²) in [6, 6.07) is 9.24. The third-order valence-electron chi connectivity index (χ3n) is 4.61. The SMILES string of the molecule is CC[C@H]1c2ccsc2CCN1C(=S)Nc1cccc(S(=O)(=O)N(C)C)c1. The molecule has 1 aromatic carbocycles. The molecule has 1 aliphatic rings. The molecule has 0 radical (unpaired) electrons. The molecular weight excluding hydrogens is 386 g/mol. The first-order valence-electron chi connectivity index (χ1n) is 8.51. The van der Waals surface area contributed by atoms with Crippen molar-refractivity contribution in [2.45, 2.75) is 30.7 Å². The lowest BCUT2D eigenvalue weighted by Crippen LogP contribution is -2.41. The first-order valence-corrected chi connectivity index (χ1v) is 11.2. The molecule has 1 aromatic heterocycles. The molecule has 0 saturated heterocycles. The number of nitrogens with zero attached hydrogens (tertiary/aromatic N) is 2. The van der Waals surface area contributed by atoms with Gasteiger partial charge in [-0.3, -0.25) is 0 Å². The van der Waals surface area contributed by atoms with Gasteiger partial charge >= 0.3 is 0 Å². The lowest BCUT2D eigenvalue weighted by Gasteiger charge is -2.37. The fourth-order valence-corrected chi connectivity index (χ4v) is 5.43. The van der Waals surface area contributed by atoms with Crippen LogP contribution in [0.15, 0.2) is 40.6 Å². The van der Waals surface area contributed by atoms with Crippen molar-refractivity contribution in [2.75, 3.05) is 26.0 Å². The molecule has 1 atom stereocenters. The summed E-state index contributed by atoms with van der Waals surface area (Å²) in [5.74, 6) is 0. The van der Waals surface area contributed by atoms with Gasteiger partial charge in [0.15, 0.2) is 5.11 Å². The van der Waals surface area contributed by atoms with E-state index in [-0.39, 0.29) is 10.9 Å². The molecular formula is C18H23N3O2S3. The van der Waals surface area contributed by atoms with E-state index >= 15 is 0 Å². The van der Waals surface area contributed by atoms with Crippen molar-refractivity contribution in [1.29, 1.82) is 0 Å². The summed E-state index contributed by atoms with van der Waals surface area (Å²) in [5, 5.41) is 6.00. The van der Waals surface area contributed by atoms with Gasteiger partial charge in [-0.2, -0.15) is 0 Å². The molecule has 0 spiro atoms. The topological polar surface area (TPSA) is 52.7 Å². The van der Waals surface area contributed by atoms with Gasteiger partial charge in [0.2, 0.25) is 10.0 Å². The maximum absolute atomic E-state index is 12.3. The summed E-state index contributed by atoms with van der Waals surface area (Å²) < 4.78 is 25.9. The number of hydrogen-bond acceptors (Lipinski definition) is 4. The second-order valence-corrected chi connectivity index (χ2v) is 9.95. The molecule has 3 rings (SSSR count). The molecule has 0 fully saturated rings. The quantitative estimate of drug-likeness (QED) is 0.781. The van der Waals surface area contributed by atoms with Gasteiger partial charge in [-0.25, -0.2) is 12.7 Å². The lowest BCUT2D eigenvalue weighted by atomic mass is 9.98. The van der Waals surface area contributed by atoms with Crippen LogP contribution in [0.25, 0.3) is 0 Å². The van der Waals surface area contributed by atoms with Crippen molar-refractivity contribution >= 4 is 44.4 Å². The first-order chi connectivity index (χ1) is 12.3. The van der Waals surface area contributed by atoms with E-state index in [9.17, 15) is 8.42 Å². The zero-order chi connectivity index (χ0) is 18.9. The second-order valence-electron chi connectivity index (χ2n) is 6.41. The Balaban J connectivity index is 1.81. The van der Waals surface area contributed by atoms with Crippen molar-refractivity contribution in [2.24, 2.45) is 0 Å². The number of benzene rings is 1. The van der Waals surface area contributed by atoms with Gasteiger partial charge in [0.1, 0.15) is 0 Å². The Kier molecular flexibility index (Phi) is 5.67. The van der Waals surface area contributed by atoms with Gasteiger partial charge < -0.3 is 10.2 Å². The number of fused-ring (bicyclic) bond motifs is 1. The summed E-state index contributed by atoms with van der Waals surface area (Å²) in [6.45, 7) is 3.03. The molecule has 0 saturated carbocycles. The Morgan fingerprint density at radius 3 is 2.85 bits per heavy atom. The summed E-state index contributed by atoms with van der Waals surface area (Å²) in [7, 11) is -0.418. The number of nitrogens with one attached hydrogen (secondary N) is 1. The summed E-state index contributed by atoms with van der Waals surface area (Å²) in [4.78, 5) is 3.90. The van der Waals surface area contributed by atoms with E-state index in [0.717, 1.165) is 19.4 Å². The molecule has 140 valence electrons. The van der Waals surface area contributed by atoms with Gasteiger partial charge in [-0.15, -0.1) is 11.3 Å². The number of hydrogen-bond donors (Lipinski definition) is 1. The zero-order valence-corrected chi connectivity index (χ0v) is 17.5. The summed E-state index contributed by atoms with van der Waals surface area (Å²) >= 11 is 7.46. The molecule has 8 heteroatoms. The van der Waals surface area contributed by atoms with Crippen molar-refractivity contribution in [3.05, 3.63) is 46.2 Å². The fourth-order valence-electron chi connectivity index (χ4n) is 3.22. The summed E-state index contributed by atoms with van der Waals surface area (Å²) in [6.07, 6.45) is 1.96. The van der Waals surface area contributed by atoms with E-state index in [4.69, 9.17) is 12.2 Å². The molecule has 2 aromatic rings. The molecule has 0 amide bonds. The van der Waals surface area contributed by atoms with Gasteiger partial charge in [0, 0.05) is 31.2 Å². The Morgan fingerprint density at radius 1 is 1.38 bits per heavy atom. The van der Waals surface area contributed by atoms with E-state index in [1.54, 1.807) is 18.2 Å². The molecule has 0 bridgehead atoms. The van der Waals surface area contributed by atoms with Crippen LogP contribution >= 0.6 is 23.6 Å². The highest BCUT2D eigenvalue weighted by molar-refractivity contribution is 7.89. The van der Waals surface area contributed by atoms with Crippen LogP contribution in [0.3, 0.4) is 0 Å². The van der Waals surface area contributed by atoms with Crippen LogP contribution in [0.2, 0.25) is 0 Å². The number of anilines is 1. The summed E-state index contributed by atoms with van der Waals surface area (Å²) in [5.41, 5.74) is 2.04. The monoisotopic (exact) mass is 409 g/mol. The van der Waals surface area contributed by atoms with Gasteiger partial charge in [-0.05, 0) is 60.3 Å². The number of thiophene rings is 1. The van der Waals surface area contributed by atoms with Crippen LogP contribution in [0.4, 0.5) is 5.69 Å². The van der Waals surface area contributed by atoms with E-state index < -0.39 is 10.0 Å². The van der Waals surface area contributed by atoms with E-state index in [0.29, 0.717) is 10.8 Å². The Labute approximate surface area is 164 Å². The van der Waals surface area contributed by atoms with Gasteiger partial charge in [0.05, 0.1) is 10.9 Å². The third kappa shape index (κ3) is 3.64. The molecule has 1 aliphatic heterocycles. The van der Waals surface area contributed by atoms with Crippen LogP contribution in [0.1, 0.15) is 29.8 Å². The molecule has 2 heterocycles. The lowest BCUT2D eigenvalue weighted by molar-refractivity contribution is 0.298. The highest BCUT2D eigenvalue weighted by atomic mass is 32.2. The fraction of sp³-hybridized carbons (Fsp3) is 0.389. The predicted octanol–water partition coefficient (Wildman–Crippen LogP) is 3.70. The average molecular weight is 410 g/mol. The van der Waals surface area contributed by atoms with Gasteiger partial charge in [-0.1, -0.05) is 13.0 Å². The highest BCUT2D eigenvalue weighted by Gasteiger charge is 2.28. The minimum Gasteiger partial charge on any atom is -0.342 e. The minimum absolute atomic E-state index is 0.251. The smallest absolute Gasteiger partial charge is 0.242 e. The Hall–Kier alpha value is -1.48. The molecule has 0 aliphatic carbocycles. The third-order valence-corrected chi connectivity index (χ3v) is 7.75. The van der Waals surface area contributed by atoms with E-state index in [1.807, 2.05) is 17.4 Å². The average Bonchev–Trinajstić information content (AvgIpc) is 3.09. The van der Waals surface area contributed by atoms with Crippen LogP contribution < -0.4 is 5.32 Å². The maximum atomic E-state index is 12.3. The standard InChI is InChI=1S/C18H23N3O2S3/c1-4-16-15-9-11-25-17(15)8-10-21(16)18(24)19-13-6-5-7-14(12-13)26(22,23)20(2)3/h5-7,9,11-12,16H,4,8,10H2,1-3H3,(H,19,24)/t16-/m0/s1. The highest BCUT2D eigenvalue weighted by Crippen LogP contribution is 2.35. The van der Waals surface area contributed by atoms with Crippen molar-refractivity contribution in [1.82, 2.24) is 9.21 Å². The maximum Gasteiger partial charge on any atom is 0.242 e. The predicted molar refractivity (Wildman–Crippen MR) is 111 cm³/mol. The normalized spacial score (nSPS) is 17.2. The molecule has 26 heavy (non-hydrogen) atoms. The van der Waals surface area contributed by atoms with Crippen LogP contribution in [0.5, 0.6) is 0 Å². The second kappa shape index (κ2) is 7.64.